The third kappa shape index (κ3) is 7.19. The van der Waals surface area contributed by atoms with Crippen LogP contribution in [-0.2, 0) is 6.42 Å². The molecule has 0 spiro atoms. The fourth-order valence-corrected chi connectivity index (χ4v) is 2.60. The molecule has 2 aromatic rings. The molecule has 0 bridgehead atoms. The van der Waals surface area contributed by atoms with Crippen LogP contribution in [0.4, 0.5) is 4.39 Å². The summed E-state index contributed by atoms with van der Waals surface area (Å²) in [5.41, 5.74) is 2.02. The van der Waals surface area contributed by atoms with Crippen LogP contribution in [0.25, 0.3) is 10.9 Å². The normalized spacial score (nSPS) is 11.6. The van der Waals surface area contributed by atoms with Crippen LogP contribution < -0.4 is 10.6 Å². The predicted molar refractivity (Wildman–Crippen MR) is 115 cm³/mol. The van der Waals surface area contributed by atoms with Gasteiger partial charge in [-0.25, -0.2) is 4.39 Å². The van der Waals surface area contributed by atoms with Gasteiger partial charge >= 0.3 is 0 Å². The number of fused-ring (bicyclic) bond motifs is 1. The van der Waals surface area contributed by atoms with Crippen LogP contribution in [-0.4, -0.2) is 56.1 Å². The number of H-pyrrole nitrogens is 1. The molecule has 1 heterocycles. The second-order valence-electron chi connectivity index (χ2n) is 6.10. The average Bonchev–Trinajstić information content (AvgIpc) is 2.93. The van der Waals surface area contributed by atoms with E-state index in [1.54, 1.807) is 0 Å². The highest BCUT2D eigenvalue weighted by atomic mass is 127. The van der Waals surface area contributed by atoms with Crippen LogP contribution in [0.2, 0.25) is 0 Å². The van der Waals surface area contributed by atoms with Crippen LogP contribution in [0.3, 0.4) is 0 Å². The van der Waals surface area contributed by atoms with Gasteiger partial charge in [-0.15, -0.1) is 24.0 Å². The number of halogens is 2. The van der Waals surface area contributed by atoms with Crippen molar-refractivity contribution in [1.82, 2.24) is 20.5 Å². The third-order valence-corrected chi connectivity index (χ3v) is 3.79. The predicted octanol–water partition coefficient (Wildman–Crippen LogP) is 2.97. The van der Waals surface area contributed by atoms with Crippen LogP contribution in [0.5, 0.6) is 0 Å². The van der Waals surface area contributed by atoms with Crippen LogP contribution >= 0.6 is 24.0 Å². The zero-order valence-corrected chi connectivity index (χ0v) is 17.6. The van der Waals surface area contributed by atoms with E-state index in [4.69, 9.17) is 0 Å². The van der Waals surface area contributed by atoms with Gasteiger partial charge < -0.3 is 20.5 Å². The maximum Gasteiger partial charge on any atom is 0.191 e. The Labute approximate surface area is 166 Å². The van der Waals surface area contributed by atoms with Gasteiger partial charge in [0.2, 0.25) is 0 Å². The van der Waals surface area contributed by atoms with Crippen molar-refractivity contribution in [3.05, 3.63) is 35.8 Å². The van der Waals surface area contributed by atoms with Gasteiger partial charge in [-0.2, -0.15) is 0 Å². The molecule has 3 N–H and O–H groups in total. The van der Waals surface area contributed by atoms with E-state index in [2.05, 4.69) is 46.5 Å². The lowest BCUT2D eigenvalue weighted by Crippen LogP contribution is -2.38. The molecule has 0 saturated heterocycles. The van der Waals surface area contributed by atoms with E-state index < -0.39 is 0 Å². The Bertz CT molecular complexity index is 669. The number of hydrogen-bond donors (Lipinski definition) is 3. The molecule has 0 radical (unpaired) electrons. The number of nitrogens with zero attached hydrogens (tertiary/aromatic N) is 2. The number of guanidine groups is 1. The highest BCUT2D eigenvalue weighted by molar-refractivity contribution is 14.0. The van der Waals surface area contributed by atoms with Crippen molar-refractivity contribution in [2.45, 2.75) is 19.8 Å². The zero-order valence-electron chi connectivity index (χ0n) is 15.2. The zero-order chi connectivity index (χ0) is 17.4. The molecule has 0 atom stereocenters. The summed E-state index contributed by atoms with van der Waals surface area (Å²) in [6.45, 7) is 5.52. The molecule has 25 heavy (non-hydrogen) atoms. The lowest BCUT2D eigenvalue weighted by atomic mass is 10.1. The number of benzene rings is 1. The Kier molecular flexibility index (Phi) is 9.81. The minimum atomic E-state index is -0.215. The maximum atomic E-state index is 13.2. The van der Waals surface area contributed by atoms with E-state index in [1.807, 2.05) is 12.3 Å². The largest absolute Gasteiger partial charge is 0.361 e. The van der Waals surface area contributed by atoms with E-state index in [0.717, 1.165) is 55.9 Å². The fourth-order valence-electron chi connectivity index (χ4n) is 2.60. The monoisotopic (exact) mass is 461 g/mol. The molecule has 0 unspecified atom stereocenters. The van der Waals surface area contributed by atoms with Gasteiger partial charge in [-0.3, -0.25) is 4.99 Å². The van der Waals surface area contributed by atoms with Gasteiger partial charge in [-0.05, 0) is 64.2 Å². The smallest absolute Gasteiger partial charge is 0.191 e. The summed E-state index contributed by atoms with van der Waals surface area (Å²) < 4.78 is 13.2. The summed E-state index contributed by atoms with van der Waals surface area (Å²) in [6, 6.07) is 4.86. The fraction of sp³-hybridized carbons (Fsp3) is 0.500. The molecule has 2 rings (SSSR count). The number of rotatable bonds is 8. The van der Waals surface area contributed by atoms with E-state index in [9.17, 15) is 4.39 Å². The van der Waals surface area contributed by atoms with Crippen molar-refractivity contribution in [2.24, 2.45) is 4.99 Å². The first-order chi connectivity index (χ1) is 11.6. The minimum absolute atomic E-state index is 0. The first kappa shape index (κ1) is 21.7. The van der Waals surface area contributed by atoms with E-state index in [1.165, 1.54) is 17.7 Å². The molecule has 0 fully saturated rings. The van der Waals surface area contributed by atoms with E-state index in [-0.39, 0.29) is 29.8 Å². The second kappa shape index (κ2) is 11.3. The number of aromatic nitrogens is 1. The Balaban J connectivity index is 0.00000312. The van der Waals surface area contributed by atoms with Crippen LogP contribution in [0, 0.1) is 5.82 Å². The molecule has 0 aliphatic rings. The van der Waals surface area contributed by atoms with Crippen LogP contribution in [0.15, 0.2) is 29.4 Å². The average molecular weight is 461 g/mol. The van der Waals surface area contributed by atoms with Gasteiger partial charge in [0.15, 0.2) is 5.96 Å². The topological polar surface area (TPSA) is 55.5 Å². The lowest BCUT2D eigenvalue weighted by molar-refractivity contribution is 0.403. The van der Waals surface area contributed by atoms with Crippen molar-refractivity contribution in [2.75, 3.05) is 40.3 Å². The summed E-state index contributed by atoms with van der Waals surface area (Å²) in [5, 5.41) is 7.70. The number of aliphatic imine (C=N–C) groups is 1. The number of nitrogens with one attached hydrogen (secondary N) is 3. The molecule has 140 valence electrons. The maximum absolute atomic E-state index is 13.2. The highest BCUT2D eigenvalue weighted by Crippen LogP contribution is 2.19. The van der Waals surface area contributed by atoms with Crippen molar-refractivity contribution >= 4 is 40.8 Å². The van der Waals surface area contributed by atoms with Gasteiger partial charge in [-0.1, -0.05) is 0 Å². The standard InChI is InChI=1S/C18H28FN5.HI/c1-4-20-18(21-9-5-11-24(2)3)22-10-8-14-13-23-17-12-15(19)6-7-16(14)17;/h6-7,12-13,23H,4-5,8-11H2,1-3H3,(H2,20,21,22);1H. The molecule has 7 heteroatoms. The quantitative estimate of drug-likeness (QED) is 0.245. The summed E-state index contributed by atoms with van der Waals surface area (Å²) >= 11 is 0. The van der Waals surface area contributed by atoms with Gasteiger partial charge in [0.25, 0.3) is 0 Å². The van der Waals surface area contributed by atoms with Gasteiger partial charge in [0.1, 0.15) is 5.82 Å². The number of aromatic amines is 1. The molecular weight excluding hydrogens is 432 g/mol. The molecule has 0 saturated carbocycles. The second-order valence-corrected chi connectivity index (χ2v) is 6.10. The molecule has 1 aromatic heterocycles. The molecular formula is C18H29FIN5. The Hall–Kier alpha value is -1.35. The van der Waals surface area contributed by atoms with Crippen molar-refractivity contribution < 1.29 is 4.39 Å². The SMILES string of the molecule is CCNC(=NCCCN(C)C)NCCc1c[nH]c2cc(F)ccc12.I. The molecule has 5 nitrogen and oxygen atoms in total. The highest BCUT2D eigenvalue weighted by Gasteiger charge is 2.05. The Morgan fingerprint density at radius 3 is 2.80 bits per heavy atom. The van der Waals surface area contributed by atoms with Crippen LogP contribution in [0.1, 0.15) is 18.9 Å². The molecule has 0 amide bonds. The van der Waals surface area contributed by atoms with Crippen molar-refractivity contribution in [3.63, 3.8) is 0 Å². The summed E-state index contributed by atoms with van der Waals surface area (Å²) in [5.74, 6) is 0.635. The van der Waals surface area contributed by atoms with E-state index in [0.29, 0.717) is 0 Å². The minimum Gasteiger partial charge on any atom is -0.361 e. The number of hydrogen-bond acceptors (Lipinski definition) is 2. The first-order valence-corrected chi connectivity index (χ1v) is 8.52. The summed E-state index contributed by atoms with van der Waals surface area (Å²) in [4.78, 5) is 9.88. The Morgan fingerprint density at radius 2 is 2.08 bits per heavy atom. The van der Waals surface area contributed by atoms with Gasteiger partial charge in [0, 0.05) is 36.7 Å². The van der Waals surface area contributed by atoms with Gasteiger partial charge in [0.05, 0.1) is 0 Å². The summed E-state index contributed by atoms with van der Waals surface area (Å²) in [7, 11) is 4.14. The first-order valence-electron chi connectivity index (χ1n) is 8.52. The molecule has 0 aliphatic carbocycles. The Morgan fingerprint density at radius 1 is 1.28 bits per heavy atom. The van der Waals surface area contributed by atoms with E-state index >= 15 is 0 Å². The lowest BCUT2D eigenvalue weighted by Gasteiger charge is -2.12. The van der Waals surface area contributed by atoms with Crippen molar-refractivity contribution in [3.8, 4) is 0 Å². The van der Waals surface area contributed by atoms with Crippen molar-refractivity contribution in [1.29, 1.82) is 0 Å². The summed E-state index contributed by atoms with van der Waals surface area (Å²) in [6.07, 6.45) is 3.85. The molecule has 0 aliphatic heterocycles. The molecule has 1 aromatic carbocycles. The third-order valence-electron chi connectivity index (χ3n) is 3.79.